The molecule has 0 saturated carbocycles. The molecular formula is C10H23BCl. The van der Waals surface area contributed by atoms with E-state index in [1.165, 1.54) is 51.2 Å². The quantitative estimate of drug-likeness (QED) is 0.394. The van der Waals surface area contributed by atoms with Crippen molar-refractivity contribution in [2.45, 2.75) is 65.0 Å². The van der Waals surface area contributed by atoms with Crippen LogP contribution in [0.3, 0.4) is 0 Å². The second kappa shape index (κ2) is 13.9. The van der Waals surface area contributed by atoms with E-state index in [9.17, 15) is 0 Å². The van der Waals surface area contributed by atoms with Gasteiger partial charge in [0.15, 0.2) is 0 Å². The summed E-state index contributed by atoms with van der Waals surface area (Å²) in [5.41, 5.74) is 0. The standard InChI is InChI=1S/C10H22B.ClH/c1-3-5-7-9-11-10-8-6-4-2;/h3-10H2,1-2H3;1H. The van der Waals surface area contributed by atoms with Crippen molar-refractivity contribution >= 4 is 19.7 Å². The van der Waals surface area contributed by atoms with Gasteiger partial charge in [0.05, 0.1) is 0 Å². The summed E-state index contributed by atoms with van der Waals surface area (Å²) in [7, 11) is 2.46. The number of unbranched alkanes of at least 4 members (excludes halogenated alkanes) is 4. The molecule has 0 heterocycles. The first-order chi connectivity index (χ1) is 5.41. The van der Waals surface area contributed by atoms with Crippen LogP contribution in [0.4, 0.5) is 0 Å². The molecule has 2 heteroatoms. The van der Waals surface area contributed by atoms with Crippen molar-refractivity contribution in [2.24, 2.45) is 0 Å². The van der Waals surface area contributed by atoms with Crippen molar-refractivity contribution in [1.82, 2.24) is 0 Å². The van der Waals surface area contributed by atoms with E-state index in [1.807, 2.05) is 0 Å². The molecule has 0 aliphatic heterocycles. The van der Waals surface area contributed by atoms with E-state index < -0.39 is 0 Å². The lowest BCUT2D eigenvalue weighted by molar-refractivity contribution is 0.752. The molecule has 0 N–H and O–H groups in total. The second-order valence-electron chi connectivity index (χ2n) is 3.28. The van der Waals surface area contributed by atoms with E-state index in [0.717, 1.165) is 0 Å². The Kier molecular flexibility index (Phi) is 17.2. The SMILES string of the molecule is CCCCC[B]CCCCC.Cl. The molecule has 0 bridgehead atoms. The zero-order valence-electron chi connectivity index (χ0n) is 8.64. The second-order valence-corrected chi connectivity index (χ2v) is 3.28. The average molecular weight is 190 g/mol. The summed E-state index contributed by atoms with van der Waals surface area (Å²) in [5.74, 6) is 0. The first-order valence-electron chi connectivity index (χ1n) is 5.23. The van der Waals surface area contributed by atoms with Gasteiger partial charge in [0.1, 0.15) is 7.28 Å². The summed E-state index contributed by atoms with van der Waals surface area (Å²) in [4.78, 5) is 0. The van der Waals surface area contributed by atoms with Crippen LogP contribution in [-0.2, 0) is 0 Å². The Labute approximate surface area is 85.2 Å². The number of rotatable bonds is 8. The smallest absolute Gasteiger partial charge is 0.109 e. The Morgan fingerprint density at radius 3 is 1.50 bits per heavy atom. The van der Waals surface area contributed by atoms with E-state index in [-0.39, 0.29) is 12.4 Å². The molecule has 0 aliphatic carbocycles. The third-order valence-electron chi connectivity index (χ3n) is 2.02. The highest BCUT2D eigenvalue weighted by Gasteiger charge is 1.90. The summed E-state index contributed by atoms with van der Waals surface area (Å²) in [5, 5.41) is 0. The molecule has 0 amide bonds. The van der Waals surface area contributed by atoms with Gasteiger partial charge in [0.25, 0.3) is 0 Å². The summed E-state index contributed by atoms with van der Waals surface area (Å²) < 4.78 is 0. The zero-order chi connectivity index (χ0) is 8.36. The maximum absolute atomic E-state index is 2.46. The van der Waals surface area contributed by atoms with Crippen LogP contribution < -0.4 is 0 Å². The van der Waals surface area contributed by atoms with Gasteiger partial charge in [0.2, 0.25) is 0 Å². The number of halogens is 1. The molecule has 73 valence electrons. The largest absolute Gasteiger partial charge is 0.147 e. The molecule has 0 unspecified atom stereocenters. The molecule has 0 aliphatic rings. The van der Waals surface area contributed by atoms with E-state index in [1.54, 1.807) is 0 Å². The molecule has 0 aromatic heterocycles. The molecule has 0 rings (SSSR count). The minimum absolute atomic E-state index is 0. The highest BCUT2D eigenvalue weighted by Crippen LogP contribution is 2.04. The average Bonchev–Trinajstić information content (AvgIpc) is 2.03. The molecule has 0 atom stereocenters. The monoisotopic (exact) mass is 189 g/mol. The van der Waals surface area contributed by atoms with Gasteiger partial charge in [-0.15, -0.1) is 12.4 Å². The first kappa shape index (κ1) is 14.9. The maximum Gasteiger partial charge on any atom is 0.109 e. The zero-order valence-corrected chi connectivity index (χ0v) is 9.46. The minimum Gasteiger partial charge on any atom is -0.147 e. The number of hydrogen-bond acceptors (Lipinski definition) is 0. The molecule has 0 aromatic carbocycles. The van der Waals surface area contributed by atoms with Gasteiger partial charge in [0, 0.05) is 0 Å². The van der Waals surface area contributed by atoms with Gasteiger partial charge in [-0.25, -0.2) is 0 Å². The fourth-order valence-electron chi connectivity index (χ4n) is 1.22. The fourth-order valence-corrected chi connectivity index (χ4v) is 1.22. The van der Waals surface area contributed by atoms with Crippen LogP contribution in [-0.4, -0.2) is 7.28 Å². The summed E-state index contributed by atoms with van der Waals surface area (Å²) in [6.07, 6.45) is 11.0. The van der Waals surface area contributed by atoms with Crippen LogP contribution in [0.15, 0.2) is 0 Å². The predicted octanol–water partition coefficient (Wildman–Crippen LogP) is 4.33. The Hall–Kier alpha value is 0.355. The van der Waals surface area contributed by atoms with Crippen molar-refractivity contribution in [3.8, 4) is 0 Å². The lowest BCUT2D eigenvalue weighted by Crippen LogP contribution is -1.88. The van der Waals surface area contributed by atoms with Gasteiger partial charge in [-0.3, -0.25) is 0 Å². The predicted molar refractivity (Wildman–Crippen MR) is 61.7 cm³/mol. The van der Waals surface area contributed by atoms with Gasteiger partial charge in [-0.1, -0.05) is 65.0 Å². The van der Waals surface area contributed by atoms with Gasteiger partial charge < -0.3 is 0 Å². The van der Waals surface area contributed by atoms with E-state index >= 15 is 0 Å². The molecule has 0 saturated heterocycles. The van der Waals surface area contributed by atoms with E-state index in [0.29, 0.717) is 0 Å². The summed E-state index contributed by atoms with van der Waals surface area (Å²) >= 11 is 0. The van der Waals surface area contributed by atoms with E-state index in [2.05, 4.69) is 21.1 Å². The lowest BCUT2D eigenvalue weighted by atomic mass is 9.68. The molecule has 0 spiro atoms. The number of hydrogen-bond donors (Lipinski definition) is 0. The van der Waals surface area contributed by atoms with Gasteiger partial charge in [-0.05, 0) is 0 Å². The minimum atomic E-state index is 0. The first-order valence-corrected chi connectivity index (χ1v) is 5.23. The van der Waals surface area contributed by atoms with Crippen molar-refractivity contribution in [3.05, 3.63) is 0 Å². The lowest BCUT2D eigenvalue weighted by Gasteiger charge is -1.97. The topological polar surface area (TPSA) is 0 Å². The molecule has 1 radical (unpaired) electrons. The van der Waals surface area contributed by atoms with Gasteiger partial charge in [-0.2, -0.15) is 0 Å². The fraction of sp³-hybridized carbons (Fsp3) is 1.00. The van der Waals surface area contributed by atoms with Crippen LogP contribution >= 0.6 is 12.4 Å². The molecule has 0 nitrogen and oxygen atoms in total. The molecule has 12 heavy (non-hydrogen) atoms. The molecule has 0 aromatic rings. The maximum atomic E-state index is 2.46. The molecular weight excluding hydrogens is 166 g/mol. The highest BCUT2D eigenvalue weighted by atomic mass is 35.5. The van der Waals surface area contributed by atoms with Crippen LogP contribution in [0.25, 0.3) is 0 Å². The Bertz CT molecular complexity index is 58.9. The van der Waals surface area contributed by atoms with Crippen LogP contribution in [0.2, 0.25) is 12.6 Å². The Morgan fingerprint density at radius 2 is 1.17 bits per heavy atom. The van der Waals surface area contributed by atoms with Crippen LogP contribution in [0.5, 0.6) is 0 Å². The normalized spacial score (nSPS) is 9.17. The van der Waals surface area contributed by atoms with E-state index in [4.69, 9.17) is 0 Å². The highest BCUT2D eigenvalue weighted by molar-refractivity contribution is 6.35. The van der Waals surface area contributed by atoms with Crippen LogP contribution in [0, 0.1) is 0 Å². The van der Waals surface area contributed by atoms with Crippen molar-refractivity contribution in [1.29, 1.82) is 0 Å². The third-order valence-corrected chi connectivity index (χ3v) is 2.02. The molecule has 0 fully saturated rings. The van der Waals surface area contributed by atoms with Crippen LogP contribution in [0.1, 0.15) is 52.4 Å². The Morgan fingerprint density at radius 1 is 0.750 bits per heavy atom. The summed E-state index contributed by atoms with van der Waals surface area (Å²) in [6, 6.07) is 0. The van der Waals surface area contributed by atoms with Crippen molar-refractivity contribution in [3.63, 3.8) is 0 Å². The Balaban J connectivity index is 0. The van der Waals surface area contributed by atoms with Crippen molar-refractivity contribution in [2.75, 3.05) is 0 Å². The third kappa shape index (κ3) is 13.0. The van der Waals surface area contributed by atoms with Gasteiger partial charge >= 0.3 is 0 Å². The summed E-state index contributed by atoms with van der Waals surface area (Å²) in [6.45, 7) is 4.52. The van der Waals surface area contributed by atoms with Crippen molar-refractivity contribution < 1.29 is 0 Å².